The van der Waals surface area contributed by atoms with Crippen molar-refractivity contribution in [2.24, 2.45) is 11.8 Å². The summed E-state index contributed by atoms with van der Waals surface area (Å²) in [4.78, 5) is 0. The molecule has 92 valence electrons. The van der Waals surface area contributed by atoms with Gasteiger partial charge in [-0.3, -0.25) is 0 Å². The molecule has 1 rings (SSSR count). The maximum absolute atomic E-state index is 2.32. The second-order valence-electron chi connectivity index (χ2n) is 4.67. The number of allylic oxidation sites excluding steroid dienone is 4. The summed E-state index contributed by atoms with van der Waals surface area (Å²) in [5.74, 6) is 1.55. The minimum Gasteiger partial charge on any atom is -0.0775 e. The second-order valence-corrected chi connectivity index (χ2v) is 4.67. The van der Waals surface area contributed by atoms with E-state index in [4.69, 9.17) is 0 Å². The zero-order valence-electron chi connectivity index (χ0n) is 12.0. The van der Waals surface area contributed by atoms with Crippen LogP contribution in [0.5, 0.6) is 0 Å². The van der Waals surface area contributed by atoms with E-state index in [0.717, 1.165) is 12.3 Å². The maximum atomic E-state index is 2.32. The maximum Gasteiger partial charge on any atom is 0 e. The molecule has 0 aliphatic heterocycles. The van der Waals surface area contributed by atoms with Gasteiger partial charge in [0.1, 0.15) is 0 Å². The van der Waals surface area contributed by atoms with E-state index in [1.54, 1.807) is 0 Å². The fraction of sp³-hybridized carbons (Fsp3) is 0.733. The van der Waals surface area contributed by atoms with Crippen molar-refractivity contribution in [3.05, 3.63) is 23.3 Å². The molecule has 0 atom stereocenters. The standard InChI is InChI=1S/C9H14.C4H10.C2H6.H2/c1-7(2)9-6-4-5-8(9)3;1-4(2)3;1-2;/h5-7H,4H2,1-3H3;4H,1-3H3;1-2H3;1H/i;;;1+1. The van der Waals surface area contributed by atoms with E-state index in [1.165, 1.54) is 11.1 Å². The molecule has 0 spiro atoms. The molecule has 0 aromatic rings. The van der Waals surface area contributed by atoms with Crippen LogP contribution < -0.4 is 0 Å². The molecule has 0 heterocycles. The van der Waals surface area contributed by atoms with Gasteiger partial charge in [-0.15, -0.1) is 0 Å². The first-order valence-electron chi connectivity index (χ1n) is 6.32. The Morgan fingerprint density at radius 3 is 1.53 bits per heavy atom. The lowest BCUT2D eigenvalue weighted by Gasteiger charge is -2.06. The van der Waals surface area contributed by atoms with Gasteiger partial charge in [0.25, 0.3) is 0 Å². The van der Waals surface area contributed by atoms with Gasteiger partial charge in [0.2, 0.25) is 0 Å². The highest BCUT2D eigenvalue weighted by molar-refractivity contribution is 5.36. The molecule has 0 radical (unpaired) electrons. The molecule has 0 saturated carbocycles. The van der Waals surface area contributed by atoms with Gasteiger partial charge in [0, 0.05) is 1.43 Å². The Bertz CT molecular complexity index is 195. The first kappa shape index (κ1) is 16.9. The summed E-state index contributed by atoms with van der Waals surface area (Å²) in [5.41, 5.74) is 3.01. The Kier molecular flexibility index (Phi) is 11.3. The Hall–Kier alpha value is -0.520. The molecular formula is C15H32. The van der Waals surface area contributed by atoms with Gasteiger partial charge in [-0.25, -0.2) is 0 Å². The van der Waals surface area contributed by atoms with E-state index in [9.17, 15) is 0 Å². The van der Waals surface area contributed by atoms with Crippen LogP contribution in [0.15, 0.2) is 23.3 Å². The van der Waals surface area contributed by atoms with E-state index in [1.807, 2.05) is 13.8 Å². The van der Waals surface area contributed by atoms with Crippen LogP contribution in [0, 0.1) is 11.8 Å². The first-order valence-corrected chi connectivity index (χ1v) is 6.32. The van der Waals surface area contributed by atoms with Crippen LogP contribution in [0.25, 0.3) is 0 Å². The van der Waals surface area contributed by atoms with Gasteiger partial charge >= 0.3 is 0 Å². The third-order valence-electron chi connectivity index (χ3n) is 1.84. The molecule has 0 fully saturated rings. The van der Waals surface area contributed by atoms with Crippen LogP contribution >= 0.6 is 0 Å². The Morgan fingerprint density at radius 1 is 1.00 bits per heavy atom. The Balaban J connectivity index is -0.000000209. The van der Waals surface area contributed by atoms with Crippen molar-refractivity contribution in [2.75, 3.05) is 0 Å². The topological polar surface area (TPSA) is 0 Å². The number of hydrogen-bond acceptors (Lipinski definition) is 0. The van der Waals surface area contributed by atoms with Gasteiger partial charge in [-0.05, 0) is 30.8 Å². The largest absolute Gasteiger partial charge is 0.0775 e. The molecule has 0 aromatic heterocycles. The SMILES string of the molecule is CC.CC(C)C.CC1=CCC=C1C(C)C.[2HH]. The molecule has 0 N–H and O–H groups in total. The average Bonchev–Trinajstić information content (AvgIpc) is 2.54. The molecule has 0 saturated heterocycles. The molecule has 1 aliphatic rings. The Morgan fingerprint density at radius 2 is 1.40 bits per heavy atom. The fourth-order valence-corrected chi connectivity index (χ4v) is 1.33. The van der Waals surface area contributed by atoms with E-state index in [-0.39, 0.29) is 1.43 Å². The zero-order valence-corrected chi connectivity index (χ0v) is 12.0. The summed E-state index contributed by atoms with van der Waals surface area (Å²) in [6.07, 6.45) is 5.76. The first-order chi connectivity index (χ1) is 6.95. The lowest BCUT2D eigenvalue weighted by molar-refractivity contribution is 0.737. The van der Waals surface area contributed by atoms with E-state index in [2.05, 4.69) is 53.7 Å². The minimum absolute atomic E-state index is 0. The summed E-state index contributed by atoms with van der Waals surface area (Å²) in [6, 6.07) is 0. The monoisotopic (exact) mass is 213 g/mol. The highest BCUT2D eigenvalue weighted by Gasteiger charge is 2.07. The summed E-state index contributed by atoms with van der Waals surface area (Å²) >= 11 is 0. The predicted octanol–water partition coefficient (Wildman–Crippen LogP) is 5.85. The molecule has 0 aromatic carbocycles. The van der Waals surface area contributed by atoms with Crippen molar-refractivity contribution in [3.63, 3.8) is 0 Å². The summed E-state index contributed by atoms with van der Waals surface area (Å²) in [7, 11) is 0. The highest BCUT2D eigenvalue weighted by Crippen LogP contribution is 2.24. The third kappa shape index (κ3) is 9.78. The third-order valence-corrected chi connectivity index (χ3v) is 1.84. The smallest absolute Gasteiger partial charge is 0 e. The summed E-state index contributed by atoms with van der Waals surface area (Å²) in [6.45, 7) is 17.2. The zero-order chi connectivity index (χ0) is 12.4. The van der Waals surface area contributed by atoms with Crippen molar-refractivity contribution in [2.45, 2.75) is 61.8 Å². The molecule has 1 aliphatic carbocycles. The van der Waals surface area contributed by atoms with E-state index < -0.39 is 0 Å². The van der Waals surface area contributed by atoms with E-state index >= 15 is 0 Å². The average molecular weight is 213 g/mol. The van der Waals surface area contributed by atoms with Gasteiger partial charge in [0.05, 0.1) is 0 Å². The van der Waals surface area contributed by atoms with Crippen molar-refractivity contribution < 1.29 is 1.43 Å². The van der Waals surface area contributed by atoms with Gasteiger partial charge in [-0.1, -0.05) is 66.2 Å². The molecule has 0 heteroatoms. The Labute approximate surface area is 99.0 Å². The predicted molar refractivity (Wildman–Crippen MR) is 75.3 cm³/mol. The lowest BCUT2D eigenvalue weighted by Crippen LogP contribution is -1.91. The van der Waals surface area contributed by atoms with Crippen molar-refractivity contribution in [3.8, 4) is 0 Å². The second kappa shape index (κ2) is 10.0. The normalized spacial score (nSPS) is 13.7. The van der Waals surface area contributed by atoms with Crippen molar-refractivity contribution in [1.82, 2.24) is 0 Å². The molecular weight excluding hydrogens is 180 g/mol. The summed E-state index contributed by atoms with van der Waals surface area (Å²) < 4.78 is 0. The van der Waals surface area contributed by atoms with Crippen LogP contribution in [0.2, 0.25) is 0 Å². The summed E-state index contributed by atoms with van der Waals surface area (Å²) in [5, 5.41) is 0. The van der Waals surface area contributed by atoms with Crippen LogP contribution in [0.3, 0.4) is 0 Å². The van der Waals surface area contributed by atoms with Crippen LogP contribution in [0.1, 0.15) is 63.2 Å². The molecule has 0 amide bonds. The quantitative estimate of drug-likeness (QED) is 0.512. The fourth-order valence-electron chi connectivity index (χ4n) is 1.33. The van der Waals surface area contributed by atoms with Crippen molar-refractivity contribution in [1.29, 1.82) is 0 Å². The van der Waals surface area contributed by atoms with Gasteiger partial charge in [-0.2, -0.15) is 0 Å². The van der Waals surface area contributed by atoms with Crippen LogP contribution in [0.4, 0.5) is 0 Å². The molecule has 0 nitrogen and oxygen atoms in total. The van der Waals surface area contributed by atoms with Crippen LogP contribution in [-0.4, -0.2) is 0 Å². The lowest BCUT2D eigenvalue weighted by atomic mass is 10.00. The minimum atomic E-state index is 0. The van der Waals surface area contributed by atoms with Crippen molar-refractivity contribution >= 4 is 0 Å². The van der Waals surface area contributed by atoms with E-state index in [0.29, 0.717) is 5.92 Å². The number of hydrogen-bond donors (Lipinski definition) is 0. The van der Waals surface area contributed by atoms with Gasteiger partial charge < -0.3 is 0 Å². The molecule has 0 unspecified atom stereocenters. The number of rotatable bonds is 1. The highest BCUT2D eigenvalue weighted by atomic mass is 14.1. The van der Waals surface area contributed by atoms with Crippen LogP contribution in [-0.2, 0) is 0 Å². The molecule has 0 bridgehead atoms. The van der Waals surface area contributed by atoms with Gasteiger partial charge in [0.15, 0.2) is 0 Å². The molecule has 15 heavy (non-hydrogen) atoms.